The molecule has 2 fully saturated rings. The first-order chi connectivity index (χ1) is 6.25. The van der Waals surface area contributed by atoms with E-state index in [0.29, 0.717) is 18.9 Å². The van der Waals surface area contributed by atoms with Crippen LogP contribution in [0.25, 0.3) is 0 Å². The van der Waals surface area contributed by atoms with Crippen molar-refractivity contribution in [3.63, 3.8) is 0 Å². The summed E-state index contributed by atoms with van der Waals surface area (Å²) in [6.07, 6.45) is 2.83. The quantitative estimate of drug-likeness (QED) is 0.626. The summed E-state index contributed by atoms with van der Waals surface area (Å²) < 4.78 is 0. The molecule has 0 aromatic heterocycles. The van der Waals surface area contributed by atoms with Crippen molar-refractivity contribution < 1.29 is 9.59 Å². The average molecular weight is 182 g/mol. The zero-order chi connectivity index (χ0) is 9.26. The molecule has 0 radical (unpaired) electrons. The molecule has 1 aliphatic carbocycles. The van der Waals surface area contributed by atoms with Gasteiger partial charge in [0.2, 0.25) is 11.8 Å². The van der Waals surface area contributed by atoms with Gasteiger partial charge in [-0.25, -0.2) is 0 Å². The Morgan fingerprint density at radius 3 is 2.85 bits per heavy atom. The zero-order valence-electron chi connectivity index (χ0n) is 7.51. The normalized spacial score (nSPS) is 27.1. The van der Waals surface area contributed by atoms with Crippen LogP contribution in [0.3, 0.4) is 0 Å². The van der Waals surface area contributed by atoms with Crippen molar-refractivity contribution in [3.8, 4) is 0 Å². The Kier molecular flexibility index (Phi) is 2.20. The highest BCUT2D eigenvalue weighted by Gasteiger charge is 2.29. The Labute approximate surface area is 77.1 Å². The summed E-state index contributed by atoms with van der Waals surface area (Å²) in [5.41, 5.74) is 0. The highest BCUT2D eigenvalue weighted by Crippen LogP contribution is 2.27. The van der Waals surface area contributed by atoms with Crippen LogP contribution in [-0.4, -0.2) is 24.9 Å². The standard InChI is InChI=1S/C9H14N2O2/c12-8-3-7(5-10-8)9(13)11-4-6-1-2-6/h6-7H,1-5H2,(H,10,12)(H,11,13). The summed E-state index contributed by atoms with van der Waals surface area (Å²) in [5.74, 6) is 0.595. The number of carbonyl (C=O) groups is 2. The SMILES string of the molecule is O=C1CC(C(=O)NCC2CC2)CN1. The molecule has 2 amide bonds. The number of hydrogen-bond donors (Lipinski definition) is 2. The predicted molar refractivity (Wildman–Crippen MR) is 46.9 cm³/mol. The number of carbonyl (C=O) groups excluding carboxylic acids is 2. The molecule has 1 aliphatic heterocycles. The Morgan fingerprint density at radius 2 is 2.31 bits per heavy atom. The molecule has 2 rings (SSSR count). The Balaban J connectivity index is 1.72. The van der Waals surface area contributed by atoms with E-state index in [1.165, 1.54) is 12.8 Å². The van der Waals surface area contributed by atoms with Crippen molar-refractivity contribution in [1.29, 1.82) is 0 Å². The summed E-state index contributed by atoms with van der Waals surface area (Å²) in [5, 5.41) is 5.53. The number of rotatable bonds is 3. The molecule has 13 heavy (non-hydrogen) atoms. The fourth-order valence-electron chi connectivity index (χ4n) is 1.50. The van der Waals surface area contributed by atoms with Crippen LogP contribution in [0.1, 0.15) is 19.3 Å². The molecule has 1 saturated carbocycles. The third kappa shape index (κ3) is 2.20. The van der Waals surface area contributed by atoms with E-state index in [0.717, 1.165) is 6.54 Å². The van der Waals surface area contributed by atoms with Crippen LogP contribution in [0, 0.1) is 11.8 Å². The molecule has 1 heterocycles. The van der Waals surface area contributed by atoms with Gasteiger partial charge in [-0.3, -0.25) is 9.59 Å². The van der Waals surface area contributed by atoms with Gasteiger partial charge in [-0.15, -0.1) is 0 Å². The molecule has 1 saturated heterocycles. The number of nitrogens with one attached hydrogen (secondary N) is 2. The molecule has 72 valence electrons. The topological polar surface area (TPSA) is 58.2 Å². The molecule has 4 nitrogen and oxygen atoms in total. The molecule has 0 bridgehead atoms. The van der Waals surface area contributed by atoms with Gasteiger partial charge in [0.05, 0.1) is 5.92 Å². The van der Waals surface area contributed by atoms with E-state index in [9.17, 15) is 9.59 Å². The average Bonchev–Trinajstić information content (AvgIpc) is 2.84. The van der Waals surface area contributed by atoms with Crippen LogP contribution in [-0.2, 0) is 9.59 Å². The van der Waals surface area contributed by atoms with Crippen LogP contribution in [0.2, 0.25) is 0 Å². The Hall–Kier alpha value is -1.06. The van der Waals surface area contributed by atoms with Crippen molar-refractivity contribution in [3.05, 3.63) is 0 Å². The fraction of sp³-hybridized carbons (Fsp3) is 0.778. The van der Waals surface area contributed by atoms with Gasteiger partial charge >= 0.3 is 0 Å². The first-order valence-electron chi connectivity index (χ1n) is 4.80. The molecule has 2 aliphatic rings. The lowest BCUT2D eigenvalue weighted by molar-refractivity contribution is -0.126. The lowest BCUT2D eigenvalue weighted by Crippen LogP contribution is -2.33. The molecule has 1 unspecified atom stereocenters. The van der Waals surface area contributed by atoms with Gasteiger partial charge in [-0.05, 0) is 18.8 Å². The maximum absolute atomic E-state index is 11.4. The van der Waals surface area contributed by atoms with Crippen molar-refractivity contribution in [2.45, 2.75) is 19.3 Å². The van der Waals surface area contributed by atoms with Crippen molar-refractivity contribution in [1.82, 2.24) is 10.6 Å². The van der Waals surface area contributed by atoms with E-state index in [1.54, 1.807) is 0 Å². The van der Waals surface area contributed by atoms with Crippen LogP contribution < -0.4 is 10.6 Å². The monoisotopic (exact) mass is 182 g/mol. The van der Waals surface area contributed by atoms with Crippen LogP contribution >= 0.6 is 0 Å². The maximum Gasteiger partial charge on any atom is 0.225 e. The number of hydrogen-bond acceptors (Lipinski definition) is 2. The Bertz CT molecular complexity index is 236. The van der Waals surface area contributed by atoms with Crippen molar-refractivity contribution in [2.24, 2.45) is 11.8 Å². The van der Waals surface area contributed by atoms with Gasteiger partial charge in [-0.2, -0.15) is 0 Å². The van der Waals surface area contributed by atoms with Gasteiger partial charge in [0.15, 0.2) is 0 Å². The highest BCUT2D eigenvalue weighted by molar-refractivity contribution is 5.89. The van der Waals surface area contributed by atoms with Gasteiger partial charge in [0, 0.05) is 19.5 Å². The summed E-state index contributed by atoms with van der Waals surface area (Å²) >= 11 is 0. The molecule has 0 aromatic rings. The number of amides is 2. The van der Waals surface area contributed by atoms with Gasteiger partial charge in [0.1, 0.15) is 0 Å². The lowest BCUT2D eigenvalue weighted by atomic mass is 10.1. The van der Waals surface area contributed by atoms with Gasteiger partial charge in [0.25, 0.3) is 0 Å². The zero-order valence-corrected chi connectivity index (χ0v) is 7.51. The molecule has 0 spiro atoms. The van der Waals surface area contributed by atoms with Crippen LogP contribution in [0.15, 0.2) is 0 Å². The van der Waals surface area contributed by atoms with E-state index in [4.69, 9.17) is 0 Å². The molecular formula is C9H14N2O2. The highest BCUT2D eigenvalue weighted by atomic mass is 16.2. The second kappa shape index (κ2) is 3.36. The molecular weight excluding hydrogens is 168 g/mol. The Morgan fingerprint density at radius 1 is 1.54 bits per heavy atom. The minimum atomic E-state index is -0.133. The van der Waals surface area contributed by atoms with Crippen molar-refractivity contribution >= 4 is 11.8 Å². The second-order valence-corrected chi connectivity index (χ2v) is 3.89. The van der Waals surface area contributed by atoms with E-state index in [-0.39, 0.29) is 17.7 Å². The summed E-state index contributed by atoms with van der Waals surface area (Å²) in [7, 11) is 0. The maximum atomic E-state index is 11.4. The fourth-order valence-corrected chi connectivity index (χ4v) is 1.50. The predicted octanol–water partition coefficient (Wildman–Crippen LogP) is -0.351. The molecule has 0 aromatic carbocycles. The van der Waals surface area contributed by atoms with E-state index >= 15 is 0 Å². The van der Waals surface area contributed by atoms with Crippen LogP contribution in [0.4, 0.5) is 0 Å². The third-order valence-electron chi connectivity index (χ3n) is 2.61. The smallest absolute Gasteiger partial charge is 0.225 e. The van der Waals surface area contributed by atoms with E-state index in [2.05, 4.69) is 10.6 Å². The third-order valence-corrected chi connectivity index (χ3v) is 2.61. The first kappa shape index (κ1) is 8.53. The summed E-state index contributed by atoms with van der Waals surface area (Å²) in [4.78, 5) is 22.2. The van der Waals surface area contributed by atoms with E-state index in [1.807, 2.05) is 0 Å². The molecule has 2 N–H and O–H groups in total. The molecule has 1 atom stereocenters. The second-order valence-electron chi connectivity index (χ2n) is 3.89. The van der Waals surface area contributed by atoms with Crippen molar-refractivity contribution in [2.75, 3.05) is 13.1 Å². The first-order valence-corrected chi connectivity index (χ1v) is 4.80. The largest absolute Gasteiger partial charge is 0.356 e. The minimum absolute atomic E-state index is 0.00780. The van der Waals surface area contributed by atoms with Gasteiger partial charge in [-0.1, -0.05) is 0 Å². The minimum Gasteiger partial charge on any atom is -0.356 e. The summed E-state index contributed by atoms with van der Waals surface area (Å²) in [6.45, 7) is 1.30. The van der Waals surface area contributed by atoms with E-state index < -0.39 is 0 Å². The van der Waals surface area contributed by atoms with Crippen LogP contribution in [0.5, 0.6) is 0 Å². The van der Waals surface area contributed by atoms with Gasteiger partial charge < -0.3 is 10.6 Å². The lowest BCUT2D eigenvalue weighted by Gasteiger charge is -2.07. The molecule has 4 heteroatoms. The summed E-state index contributed by atoms with van der Waals surface area (Å²) in [6, 6.07) is 0.